The SMILES string of the molecule is O=C(O)Cn1c2c(c3cc(OCc4ccc5ccccc5n4)ccc31)CCCCCC2. The standard InChI is InChI=1S/C26H26N2O3/c29-26(30)16-28-24-10-4-2-1-3-8-21(24)22-15-20(13-14-25(22)28)31-17-19-12-11-18-7-5-6-9-23(18)27-19/h5-7,9,11-15H,1-4,8,10,16-17H2,(H,29,30). The first-order chi connectivity index (χ1) is 15.2. The lowest BCUT2D eigenvalue weighted by Gasteiger charge is -2.13. The van der Waals surface area contributed by atoms with Crippen LogP contribution in [0.15, 0.2) is 54.6 Å². The fourth-order valence-electron chi connectivity index (χ4n) is 4.72. The highest BCUT2D eigenvalue weighted by Gasteiger charge is 2.20. The number of carbonyl (C=O) groups is 1. The molecule has 2 aromatic carbocycles. The van der Waals surface area contributed by atoms with Gasteiger partial charge in [-0.15, -0.1) is 0 Å². The van der Waals surface area contributed by atoms with Gasteiger partial charge in [0.25, 0.3) is 0 Å². The summed E-state index contributed by atoms with van der Waals surface area (Å²) in [5.74, 6) is -0.00995. The molecule has 1 aliphatic rings. The average Bonchev–Trinajstić information content (AvgIpc) is 3.02. The zero-order valence-electron chi connectivity index (χ0n) is 17.5. The Morgan fingerprint density at radius 3 is 2.71 bits per heavy atom. The number of aryl methyl sites for hydroxylation is 1. The van der Waals surface area contributed by atoms with Gasteiger partial charge in [0.2, 0.25) is 0 Å². The normalized spacial score (nSPS) is 14.2. The number of pyridine rings is 1. The van der Waals surface area contributed by atoms with E-state index in [9.17, 15) is 9.90 Å². The molecule has 1 N–H and O–H groups in total. The van der Waals surface area contributed by atoms with Crippen molar-refractivity contribution >= 4 is 27.8 Å². The van der Waals surface area contributed by atoms with Gasteiger partial charge in [-0.3, -0.25) is 4.79 Å². The summed E-state index contributed by atoms with van der Waals surface area (Å²) in [6.45, 7) is 0.404. The van der Waals surface area contributed by atoms with E-state index in [2.05, 4.69) is 23.2 Å². The molecule has 0 atom stereocenters. The summed E-state index contributed by atoms with van der Waals surface area (Å²) in [6.07, 6.45) is 6.63. The van der Waals surface area contributed by atoms with Gasteiger partial charge in [0.1, 0.15) is 18.9 Å². The molecule has 0 spiro atoms. The third-order valence-electron chi connectivity index (χ3n) is 6.18. The predicted octanol–water partition coefficient (Wildman–Crippen LogP) is 5.51. The first-order valence-corrected chi connectivity index (χ1v) is 11.0. The third-order valence-corrected chi connectivity index (χ3v) is 6.18. The molecule has 2 heterocycles. The van der Waals surface area contributed by atoms with Crippen molar-refractivity contribution in [3.63, 3.8) is 0 Å². The van der Waals surface area contributed by atoms with Crippen LogP contribution in [0.5, 0.6) is 5.75 Å². The molecule has 0 bridgehead atoms. The lowest BCUT2D eigenvalue weighted by atomic mass is 9.96. The molecule has 0 fully saturated rings. The lowest BCUT2D eigenvalue weighted by molar-refractivity contribution is -0.137. The molecule has 2 aromatic heterocycles. The van der Waals surface area contributed by atoms with Crippen LogP contribution in [-0.2, 0) is 30.8 Å². The number of para-hydroxylation sites is 1. The van der Waals surface area contributed by atoms with Gasteiger partial charge < -0.3 is 14.4 Å². The molecule has 1 aliphatic carbocycles. The zero-order valence-corrected chi connectivity index (χ0v) is 17.5. The van der Waals surface area contributed by atoms with Crippen molar-refractivity contribution in [3.05, 3.63) is 71.5 Å². The number of fused-ring (bicyclic) bond motifs is 4. The van der Waals surface area contributed by atoms with E-state index in [0.717, 1.165) is 58.9 Å². The van der Waals surface area contributed by atoms with Crippen molar-refractivity contribution in [2.24, 2.45) is 0 Å². The Labute approximate surface area is 181 Å². The van der Waals surface area contributed by atoms with E-state index in [1.54, 1.807) is 0 Å². The van der Waals surface area contributed by atoms with Gasteiger partial charge in [0.15, 0.2) is 0 Å². The van der Waals surface area contributed by atoms with Crippen LogP contribution in [0.2, 0.25) is 0 Å². The number of carboxylic acids is 1. The van der Waals surface area contributed by atoms with Crippen LogP contribution in [0.1, 0.15) is 42.6 Å². The van der Waals surface area contributed by atoms with E-state index in [1.165, 1.54) is 24.1 Å². The summed E-state index contributed by atoms with van der Waals surface area (Å²) in [7, 11) is 0. The summed E-state index contributed by atoms with van der Waals surface area (Å²) in [5.41, 5.74) is 5.32. The largest absolute Gasteiger partial charge is 0.487 e. The third kappa shape index (κ3) is 4.00. The molecule has 5 rings (SSSR count). The Kier molecular flexibility index (Phi) is 5.33. The number of ether oxygens (including phenoxy) is 1. The number of hydrogen-bond donors (Lipinski definition) is 1. The molecule has 0 saturated heterocycles. The molecule has 0 unspecified atom stereocenters. The number of aliphatic carboxylic acids is 1. The van der Waals surface area contributed by atoms with Crippen molar-refractivity contribution in [1.29, 1.82) is 0 Å². The zero-order chi connectivity index (χ0) is 21.2. The fourth-order valence-corrected chi connectivity index (χ4v) is 4.72. The van der Waals surface area contributed by atoms with Crippen molar-refractivity contribution in [2.45, 2.75) is 51.7 Å². The lowest BCUT2D eigenvalue weighted by Crippen LogP contribution is -2.13. The van der Waals surface area contributed by atoms with Gasteiger partial charge in [-0.25, -0.2) is 4.98 Å². The highest BCUT2D eigenvalue weighted by molar-refractivity contribution is 5.88. The average molecular weight is 415 g/mol. The minimum absolute atomic E-state index is 0.00699. The van der Waals surface area contributed by atoms with E-state index in [0.29, 0.717) is 6.61 Å². The topological polar surface area (TPSA) is 64.3 Å². The van der Waals surface area contributed by atoms with E-state index in [1.807, 2.05) is 41.0 Å². The van der Waals surface area contributed by atoms with Crippen molar-refractivity contribution < 1.29 is 14.6 Å². The molecular weight excluding hydrogens is 388 g/mol. The van der Waals surface area contributed by atoms with Gasteiger partial charge in [-0.2, -0.15) is 0 Å². The first-order valence-electron chi connectivity index (χ1n) is 11.0. The molecule has 4 aromatic rings. The monoisotopic (exact) mass is 414 g/mol. The second kappa shape index (κ2) is 8.42. The molecule has 5 heteroatoms. The van der Waals surface area contributed by atoms with Gasteiger partial charge in [-0.05, 0) is 61.6 Å². The van der Waals surface area contributed by atoms with Gasteiger partial charge >= 0.3 is 5.97 Å². The van der Waals surface area contributed by atoms with Crippen LogP contribution in [-0.4, -0.2) is 20.6 Å². The summed E-state index contributed by atoms with van der Waals surface area (Å²) in [6, 6.07) is 18.2. The Morgan fingerprint density at radius 1 is 1.00 bits per heavy atom. The summed E-state index contributed by atoms with van der Waals surface area (Å²) < 4.78 is 8.09. The molecule has 158 valence electrons. The molecule has 0 radical (unpaired) electrons. The van der Waals surface area contributed by atoms with Gasteiger partial charge in [-0.1, -0.05) is 37.1 Å². The predicted molar refractivity (Wildman–Crippen MR) is 122 cm³/mol. The van der Waals surface area contributed by atoms with Crippen molar-refractivity contribution in [1.82, 2.24) is 9.55 Å². The number of carboxylic acid groups (broad SMARTS) is 1. The smallest absolute Gasteiger partial charge is 0.323 e. The number of benzene rings is 2. The van der Waals surface area contributed by atoms with Crippen LogP contribution < -0.4 is 4.74 Å². The van der Waals surface area contributed by atoms with Crippen LogP contribution >= 0.6 is 0 Å². The van der Waals surface area contributed by atoms with Crippen LogP contribution in [0.4, 0.5) is 0 Å². The maximum atomic E-state index is 11.5. The van der Waals surface area contributed by atoms with E-state index in [4.69, 9.17) is 4.74 Å². The van der Waals surface area contributed by atoms with Crippen molar-refractivity contribution in [2.75, 3.05) is 0 Å². The van der Waals surface area contributed by atoms with Crippen LogP contribution in [0.25, 0.3) is 21.8 Å². The van der Waals surface area contributed by atoms with Crippen molar-refractivity contribution in [3.8, 4) is 5.75 Å². The second-order valence-electron chi connectivity index (χ2n) is 8.28. The van der Waals surface area contributed by atoms with E-state index < -0.39 is 5.97 Å². The van der Waals surface area contributed by atoms with Gasteiger partial charge in [0.05, 0.1) is 11.2 Å². The summed E-state index contributed by atoms with van der Waals surface area (Å²) >= 11 is 0. The maximum absolute atomic E-state index is 11.5. The quantitative estimate of drug-likeness (QED) is 0.467. The highest BCUT2D eigenvalue weighted by Crippen LogP contribution is 2.33. The minimum atomic E-state index is -0.801. The highest BCUT2D eigenvalue weighted by atomic mass is 16.5. The molecule has 0 amide bonds. The second-order valence-corrected chi connectivity index (χ2v) is 8.28. The molecule has 0 aliphatic heterocycles. The molecule has 5 nitrogen and oxygen atoms in total. The number of hydrogen-bond acceptors (Lipinski definition) is 3. The summed E-state index contributed by atoms with van der Waals surface area (Å²) in [5, 5.41) is 11.7. The Bertz CT molecular complexity index is 1260. The number of nitrogens with zero attached hydrogens (tertiary/aromatic N) is 2. The molecule has 0 saturated carbocycles. The Morgan fingerprint density at radius 2 is 1.84 bits per heavy atom. The van der Waals surface area contributed by atoms with Crippen LogP contribution in [0.3, 0.4) is 0 Å². The fraction of sp³-hybridized carbons (Fsp3) is 0.308. The van der Waals surface area contributed by atoms with E-state index in [-0.39, 0.29) is 6.54 Å². The first kappa shape index (κ1) is 19.6. The minimum Gasteiger partial charge on any atom is -0.487 e. The molecular formula is C26H26N2O3. The molecule has 31 heavy (non-hydrogen) atoms. The van der Waals surface area contributed by atoms with Crippen LogP contribution in [0, 0.1) is 0 Å². The number of aromatic nitrogens is 2. The van der Waals surface area contributed by atoms with Gasteiger partial charge in [0, 0.05) is 22.0 Å². The Balaban J connectivity index is 1.46. The van der Waals surface area contributed by atoms with E-state index >= 15 is 0 Å². The number of rotatable bonds is 5. The maximum Gasteiger partial charge on any atom is 0.323 e. The summed E-state index contributed by atoms with van der Waals surface area (Å²) in [4.78, 5) is 16.2. The Hall–Kier alpha value is -3.34.